The first-order chi connectivity index (χ1) is 8.03. The maximum absolute atomic E-state index is 11.4. The topological polar surface area (TPSA) is 105 Å². The lowest BCUT2D eigenvalue weighted by atomic mass is 10.2. The number of aliphatic imine (C=N–C) groups is 1. The molecular weight excluding hydrogens is 240 g/mol. The summed E-state index contributed by atoms with van der Waals surface area (Å²) < 4.78 is 4.89. The molecule has 0 radical (unpaired) electrons. The summed E-state index contributed by atoms with van der Waals surface area (Å²) >= 11 is 0. The van der Waals surface area contributed by atoms with Crippen LogP contribution in [0.4, 0.5) is 4.79 Å². The van der Waals surface area contributed by atoms with Gasteiger partial charge in [-0.2, -0.15) is 4.99 Å². The zero-order valence-electron chi connectivity index (χ0n) is 11.1. The molecule has 0 aromatic heterocycles. The van der Waals surface area contributed by atoms with Crippen LogP contribution >= 0.6 is 0 Å². The zero-order chi connectivity index (χ0) is 14.5. The molecule has 0 heterocycles. The number of nitrogens with one attached hydrogen (secondary N) is 1. The number of carbonyl (C=O) groups is 3. The summed E-state index contributed by atoms with van der Waals surface area (Å²) in [7, 11) is 0. The Bertz CT molecular complexity index is 381. The van der Waals surface area contributed by atoms with E-state index >= 15 is 0 Å². The van der Waals surface area contributed by atoms with E-state index in [1.54, 1.807) is 20.8 Å². The minimum Gasteiger partial charge on any atom is -0.480 e. The smallest absolute Gasteiger partial charge is 0.434 e. The molecule has 0 aliphatic carbocycles. The van der Waals surface area contributed by atoms with Gasteiger partial charge in [-0.05, 0) is 34.6 Å². The Morgan fingerprint density at radius 1 is 1.28 bits per heavy atom. The quantitative estimate of drug-likeness (QED) is 0.734. The standard InChI is InChI=1S/C11H18N2O5/c1-6(8(14)12-7(2)9(15)16)13-10(17)18-11(3,4)5/h7H,1-5H3,(H,12,14)(H,15,16)/b13-6+/t7-/m0/s1. The zero-order valence-corrected chi connectivity index (χ0v) is 11.1. The van der Waals surface area contributed by atoms with Crippen LogP contribution in [0.3, 0.4) is 0 Å². The third-order valence-electron chi connectivity index (χ3n) is 1.70. The number of carboxylic acid groups (broad SMARTS) is 1. The fourth-order valence-electron chi connectivity index (χ4n) is 0.835. The second-order valence-electron chi connectivity index (χ2n) is 4.71. The van der Waals surface area contributed by atoms with Gasteiger partial charge < -0.3 is 15.2 Å². The largest absolute Gasteiger partial charge is 0.480 e. The van der Waals surface area contributed by atoms with E-state index < -0.39 is 29.6 Å². The van der Waals surface area contributed by atoms with Crippen molar-refractivity contribution in [3.63, 3.8) is 0 Å². The van der Waals surface area contributed by atoms with Gasteiger partial charge in [-0.25, -0.2) is 4.79 Å². The van der Waals surface area contributed by atoms with Gasteiger partial charge in [0.05, 0.1) is 0 Å². The predicted molar refractivity (Wildman–Crippen MR) is 64.6 cm³/mol. The van der Waals surface area contributed by atoms with Gasteiger partial charge in [-0.3, -0.25) is 9.59 Å². The lowest BCUT2D eigenvalue weighted by molar-refractivity contribution is -0.140. The summed E-state index contributed by atoms with van der Waals surface area (Å²) in [6, 6.07) is -1.05. The van der Waals surface area contributed by atoms with Crippen molar-refractivity contribution < 1.29 is 24.2 Å². The van der Waals surface area contributed by atoms with Gasteiger partial charge >= 0.3 is 12.1 Å². The average Bonchev–Trinajstić information content (AvgIpc) is 2.13. The van der Waals surface area contributed by atoms with Gasteiger partial charge in [0.15, 0.2) is 0 Å². The second kappa shape index (κ2) is 6.13. The molecule has 0 fully saturated rings. The van der Waals surface area contributed by atoms with Crippen molar-refractivity contribution in [1.82, 2.24) is 5.32 Å². The molecule has 0 saturated heterocycles. The summed E-state index contributed by atoms with van der Waals surface area (Å²) in [5, 5.41) is 10.8. The molecular formula is C11H18N2O5. The number of nitrogens with zero attached hydrogens (tertiary/aromatic N) is 1. The molecule has 0 aromatic carbocycles. The van der Waals surface area contributed by atoms with E-state index in [4.69, 9.17) is 9.84 Å². The fourth-order valence-corrected chi connectivity index (χ4v) is 0.835. The predicted octanol–water partition coefficient (Wildman–Crippen LogP) is 0.972. The molecule has 0 spiro atoms. The highest BCUT2D eigenvalue weighted by Gasteiger charge is 2.19. The van der Waals surface area contributed by atoms with Crippen LogP contribution in [0.15, 0.2) is 4.99 Å². The summed E-state index contributed by atoms with van der Waals surface area (Å²) in [4.78, 5) is 36.7. The maximum Gasteiger partial charge on any atom is 0.434 e. The first-order valence-corrected chi connectivity index (χ1v) is 5.35. The van der Waals surface area contributed by atoms with E-state index in [9.17, 15) is 14.4 Å². The van der Waals surface area contributed by atoms with Crippen LogP contribution in [0, 0.1) is 0 Å². The summed E-state index contributed by atoms with van der Waals surface area (Å²) in [5.41, 5.74) is -0.858. The molecule has 102 valence electrons. The molecule has 1 atom stereocenters. The number of carbonyl (C=O) groups excluding carboxylic acids is 2. The number of ether oxygens (including phenoxy) is 1. The second-order valence-corrected chi connectivity index (χ2v) is 4.71. The monoisotopic (exact) mass is 258 g/mol. The Morgan fingerprint density at radius 3 is 2.17 bits per heavy atom. The molecule has 0 aromatic rings. The highest BCUT2D eigenvalue weighted by molar-refractivity contribution is 6.39. The third kappa shape index (κ3) is 6.62. The number of hydrogen-bond donors (Lipinski definition) is 2. The van der Waals surface area contributed by atoms with Crippen molar-refractivity contribution in [2.75, 3.05) is 0 Å². The lowest BCUT2D eigenvalue weighted by Crippen LogP contribution is -2.41. The molecule has 0 unspecified atom stereocenters. The van der Waals surface area contributed by atoms with Crippen molar-refractivity contribution in [3.8, 4) is 0 Å². The molecule has 7 nitrogen and oxygen atoms in total. The molecule has 0 aliphatic heterocycles. The SMILES string of the molecule is C/C(=N\C(=O)OC(C)(C)C)C(=O)N[C@@H](C)C(=O)O. The highest BCUT2D eigenvalue weighted by atomic mass is 16.6. The van der Waals surface area contributed by atoms with Gasteiger partial charge in [0, 0.05) is 0 Å². The molecule has 0 aliphatic rings. The van der Waals surface area contributed by atoms with Crippen LogP contribution in [0.2, 0.25) is 0 Å². The number of amides is 2. The Morgan fingerprint density at radius 2 is 1.78 bits per heavy atom. The van der Waals surface area contributed by atoms with Gasteiger partial charge in [-0.1, -0.05) is 0 Å². The van der Waals surface area contributed by atoms with Crippen molar-refractivity contribution in [1.29, 1.82) is 0 Å². The first-order valence-electron chi connectivity index (χ1n) is 5.35. The van der Waals surface area contributed by atoms with Crippen LogP contribution in [-0.4, -0.2) is 40.4 Å². The van der Waals surface area contributed by atoms with E-state index in [0.29, 0.717) is 0 Å². The average molecular weight is 258 g/mol. The molecule has 0 saturated carbocycles. The lowest BCUT2D eigenvalue weighted by Gasteiger charge is -2.17. The highest BCUT2D eigenvalue weighted by Crippen LogP contribution is 2.08. The first kappa shape index (κ1) is 16.1. The minimum absolute atomic E-state index is 0.155. The number of aliphatic carboxylic acids is 1. The van der Waals surface area contributed by atoms with E-state index in [1.807, 2.05) is 0 Å². The van der Waals surface area contributed by atoms with Crippen molar-refractivity contribution in [3.05, 3.63) is 0 Å². The summed E-state index contributed by atoms with van der Waals surface area (Å²) in [6.45, 7) is 7.61. The Kier molecular flexibility index (Phi) is 5.48. The Labute approximate surface area is 105 Å². The summed E-state index contributed by atoms with van der Waals surface area (Å²) in [6.07, 6.45) is -0.891. The van der Waals surface area contributed by atoms with Crippen LogP contribution in [0.1, 0.15) is 34.6 Å². The normalized spacial score (nSPS) is 13.7. The molecule has 7 heteroatoms. The molecule has 2 N–H and O–H groups in total. The minimum atomic E-state index is -1.17. The van der Waals surface area contributed by atoms with Crippen LogP contribution in [0.5, 0.6) is 0 Å². The number of hydrogen-bond acceptors (Lipinski definition) is 4. The molecule has 2 amide bonds. The van der Waals surface area contributed by atoms with E-state index in [-0.39, 0.29) is 5.71 Å². The van der Waals surface area contributed by atoms with Gasteiger partial charge in [0.2, 0.25) is 0 Å². The fraction of sp³-hybridized carbons (Fsp3) is 0.636. The van der Waals surface area contributed by atoms with Crippen molar-refractivity contribution in [2.45, 2.75) is 46.3 Å². The van der Waals surface area contributed by atoms with E-state index in [2.05, 4.69) is 10.3 Å². The number of carboxylic acids is 1. The van der Waals surface area contributed by atoms with E-state index in [0.717, 1.165) is 0 Å². The molecule has 18 heavy (non-hydrogen) atoms. The van der Waals surface area contributed by atoms with Crippen LogP contribution < -0.4 is 5.32 Å². The maximum atomic E-state index is 11.4. The Balaban J connectivity index is 4.55. The third-order valence-corrected chi connectivity index (χ3v) is 1.70. The van der Waals surface area contributed by atoms with Gasteiger partial charge in [-0.15, -0.1) is 0 Å². The van der Waals surface area contributed by atoms with Crippen molar-refractivity contribution in [2.24, 2.45) is 4.99 Å². The Hall–Kier alpha value is -1.92. The van der Waals surface area contributed by atoms with Crippen molar-refractivity contribution >= 4 is 23.7 Å². The van der Waals surface area contributed by atoms with Gasteiger partial charge in [0.1, 0.15) is 17.4 Å². The molecule has 0 rings (SSSR count). The van der Waals surface area contributed by atoms with Crippen LogP contribution in [0.25, 0.3) is 0 Å². The summed E-state index contributed by atoms with van der Waals surface area (Å²) in [5.74, 6) is -1.90. The van der Waals surface area contributed by atoms with Gasteiger partial charge in [0.25, 0.3) is 5.91 Å². The number of rotatable bonds is 3. The van der Waals surface area contributed by atoms with Crippen LogP contribution in [-0.2, 0) is 14.3 Å². The van der Waals surface area contributed by atoms with E-state index in [1.165, 1.54) is 13.8 Å². The molecule has 0 bridgehead atoms.